The molecule has 3 aliphatic rings. The van der Waals surface area contributed by atoms with Crippen molar-refractivity contribution >= 4 is 5.97 Å². The van der Waals surface area contributed by atoms with Crippen LogP contribution < -0.4 is 0 Å². The number of carbonyl (C=O) groups excluding carboxylic acids is 1. The van der Waals surface area contributed by atoms with Gasteiger partial charge < -0.3 is 33.2 Å². The van der Waals surface area contributed by atoms with E-state index in [9.17, 15) is 4.79 Å². The van der Waals surface area contributed by atoms with E-state index in [-0.39, 0.29) is 24.9 Å². The fourth-order valence-corrected chi connectivity index (χ4v) is 3.25. The van der Waals surface area contributed by atoms with Crippen LogP contribution in [0.5, 0.6) is 0 Å². The van der Waals surface area contributed by atoms with Crippen LogP contribution >= 0.6 is 0 Å². The molecule has 3 fully saturated rings. The second kappa shape index (κ2) is 6.94. The van der Waals surface area contributed by atoms with Gasteiger partial charge in [0, 0.05) is 6.08 Å². The van der Waals surface area contributed by atoms with Crippen molar-refractivity contribution in [1.29, 1.82) is 0 Å². The third-order valence-corrected chi connectivity index (χ3v) is 4.26. The standard InChI is InChI=1S/C17H26O8/c1-16(2)21-9-10(23-16)12-13(20-8-6-7-11(18)19-5)14-15(22-12)25-17(3,4)24-14/h6-7,10,12-15H,8-9H2,1-5H3/b7-6+/t10-,12-,13+,14-,15-/m1/s1. The number of fused-ring (bicyclic) bond motifs is 1. The lowest BCUT2D eigenvalue weighted by molar-refractivity contribution is -0.235. The molecule has 0 bridgehead atoms. The van der Waals surface area contributed by atoms with Crippen LogP contribution in [0.4, 0.5) is 0 Å². The Kier molecular flexibility index (Phi) is 5.21. The highest BCUT2D eigenvalue weighted by Gasteiger charge is 2.58. The summed E-state index contributed by atoms with van der Waals surface area (Å²) in [7, 11) is 1.32. The number of hydrogen-bond donors (Lipinski definition) is 0. The molecule has 0 aromatic carbocycles. The Morgan fingerprint density at radius 2 is 1.88 bits per heavy atom. The van der Waals surface area contributed by atoms with Crippen LogP contribution in [-0.2, 0) is 38.0 Å². The third-order valence-electron chi connectivity index (χ3n) is 4.26. The summed E-state index contributed by atoms with van der Waals surface area (Å²) in [4.78, 5) is 11.2. The van der Waals surface area contributed by atoms with Gasteiger partial charge in [0.1, 0.15) is 24.4 Å². The van der Waals surface area contributed by atoms with Crippen molar-refractivity contribution in [3.8, 4) is 0 Å². The van der Waals surface area contributed by atoms with Gasteiger partial charge >= 0.3 is 5.97 Å². The zero-order valence-electron chi connectivity index (χ0n) is 15.2. The fourth-order valence-electron chi connectivity index (χ4n) is 3.25. The normalized spacial score (nSPS) is 39.0. The van der Waals surface area contributed by atoms with E-state index in [1.54, 1.807) is 6.08 Å². The van der Waals surface area contributed by atoms with Gasteiger partial charge in [-0.2, -0.15) is 0 Å². The molecule has 8 heteroatoms. The van der Waals surface area contributed by atoms with Crippen molar-refractivity contribution < 1.29 is 38.0 Å². The highest BCUT2D eigenvalue weighted by molar-refractivity contribution is 5.81. The van der Waals surface area contributed by atoms with E-state index in [1.165, 1.54) is 13.2 Å². The van der Waals surface area contributed by atoms with Gasteiger partial charge in [-0.3, -0.25) is 0 Å². The predicted molar refractivity (Wildman–Crippen MR) is 84.5 cm³/mol. The second-order valence-electron chi connectivity index (χ2n) is 7.16. The van der Waals surface area contributed by atoms with Crippen molar-refractivity contribution in [3.05, 3.63) is 12.2 Å². The zero-order valence-corrected chi connectivity index (χ0v) is 15.2. The molecule has 0 aromatic rings. The topological polar surface area (TPSA) is 81.7 Å². The van der Waals surface area contributed by atoms with E-state index in [0.717, 1.165) is 0 Å². The minimum atomic E-state index is -0.740. The molecule has 25 heavy (non-hydrogen) atoms. The lowest BCUT2D eigenvalue weighted by Crippen LogP contribution is -2.44. The Balaban J connectivity index is 1.67. The Bertz CT molecular complexity index is 529. The molecule has 142 valence electrons. The molecule has 0 aromatic heterocycles. The molecule has 5 atom stereocenters. The summed E-state index contributed by atoms with van der Waals surface area (Å²) in [5, 5.41) is 0. The first-order chi connectivity index (χ1) is 11.7. The lowest BCUT2D eigenvalue weighted by atomic mass is 10.1. The van der Waals surface area contributed by atoms with E-state index in [0.29, 0.717) is 6.61 Å². The summed E-state index contributed by atoms with van der Waals surface area (Å²) in [5.41, 5.74) is 0. The minimum Gasteiger partial charge on any atom is -0.466 e. The molecule has 3 aliphatic heterocycles. The first-order valence-corrected chi connectivity index (χ1v) is 8.40. The summed E-state index contributed by atoms with van der Waals surface area (Å²) in [5.74, 6) is -1.84. The van der Waals surface area contributed by atoms with Gasteiger partial charge in [0.25, 0.3) is 0 Å². The van der Waals surface area contributed by atoms with Gasteiger partial charge in [-0.25, -0.2) is 4.79 Å². The summed E-state index contributed by atoms with van der Waals surface area (Å²) in [6.07, 6.45) is 0.922. The van der Waals surface area contributed by atoms with E-state index < -0.39 is 29.9 Å². The number of ether oxygens (including phenoxy) is 7. The molecule has 8 nitrogen and oxygen atoms in total. The molecule has 3 rings (SSSR count). The van der Waals surface area contributed by atoms with Gasteiger partial charge in [0.05, 0.1) is 20.3 Å². The Morgan fingerprint density at radius 1 is 1.12 bits per heavy atom. The average molecular weight is 358 g/mol. The first kappa shape index (κ1) is 18.8. The van der Waals surface area contributed by atoms with Crippen molar-refractivity contribution in [1.82, 2.24) is 0 Å². The van der Waals surface area contributed by atoms with Crippen molar-refractivity contribution in [3.63, 3.8) is 0 Å². The maximum absolute atomic E-state index is 11.2. The van der Waals surface area contributed by atoms with Crippen LogP contribution in [0.2, 0.25) is 0 Å². The smallest absolute Gasteiger partial charge is 0.330 e. The molecule has 0 spiro atoms. The van der Waals surface area contributed by atoms with Crippen LogP contribution in [-0.4, -0.2) is 68.6 Å². The molecule has 0 aliphatic carbocycles. The molecule has 0 unspecified atom stereocenters. The number of hydrogen-bond acceptors (Lipinski definition) is 8. The quantitative estimate of drug-likeness (QED) is 0.534. The molecule has 0 radical (unpaired) electrons. The molecular weight excluding hydrogens is 332 g/mol. The fraction of sp³-hybridized carbons (Fsp3) is 0.824. The molecular formula is C17H26O8. The monoisotopic (exact) mass is 358 g/mol. The van der Waals surface area contributed by atoms with Crippen LogP contribution in [0.3, 0.4) is 0 Å². The van der Waals surface area contributed by atoms with Gasteiger partial charge in [0.15, 0.2) is 17.9 Å². The number of esters is 1. The van der Waals surface area contributed by atoms with E-state index >= 15 is 0 Å². The number of methoxy groups -OCH3 is 1. The van der Waals surface area contributed by atoms with Crippen LogP contribution in [0.15, 0.2) is 12.2 Å². The van der Waals surface area contributed by atoms with Crippen LogP contribution in [0.25, 0.3) is 0 Å². The highest BCUT2D eigenvalue weighted by atomic mass is 16.8. The van der Waals surface area contributed by atoms with Gasteiger partial charge in [-0.1, -0.05) is 6.08 Å². The lowest BCUT2D eigenvalue weighted by Gasteiger charge is -2.28. The predicted octanol–water partition coefficient (Wildman–Crippen LogP) is 1.13. The number of rotatable bonds is 5. The van der Waals surface area contributed by atoms with Gasteiger partial charge in [0.2, 0.25) is 0 Å². The Labute approximate surface area is 147 Å². The maximum atomic E-state index is 11.2. The van der Waals surface area contributed by atoms with Crippen molar-refractivity contribution in [2.24, 2.45) is 0 Å². The molecule has 0 N–H and O–H groups in total. The minimum absolute atomic E-state index is 0.212. The van der Waals surface area contributed by atoms with Gasteiger partial charge in [-0.15, -0.1) is 0 Å². The Hall–Kier alpha value is -1.03. The van der Waals surface area contributed by atoms with E-state index in [1.807, 2.05) is 27.7 Å². The second-order valence-corrected chi connectivity index (χ2v) is 7.16. The average Bonchev–Trinajstić information content (AvgIpc) is 3.13. The van der Waals surface area contributed by atoms with Crippen LogP contribution in [0.1, 0.15) is 27.7 Å². The number of carbonyl (C=O) groups is 1. The molecule has 0 amide bonds. The molecule has 0 saturated carbocycles. The maximum Gasteiger partial charge on any atom is 0.330 e. The summed E-state index contributed by atoms with van der Waals surface area (Å²) < 4.78 is 39.8. The Morgan fingerprint density at radius 3 is 2.52 bits per heavy atom. The van der Waals surface area contributed by atoms with Crippen molar-refractivity contribution in [2.75, 3.05) is 20.3 Å². The molecule has 3 saturated heterocycles. The summed E-state index contributed by atoms with van der Waals surface area (Å²) in [6.45, 7) is 7.98. The largest absolute Gasteiger partial charge is 0.466 e. The zero-order chi connectivity index (χ0) is 18.2. The summed E-state index contributed by atoms with van der Waals surface area (Å²) >= 11 is 0. The highest BCUT2D eigenvalue weighted by Crippen LogP contribution is 2.41. The first-order valence-electron chi connectivity index (χ1n) is 8.40. The summed E-state index contributed by atoms with van der Waals surface area (Å²) in [6, 6.07) is 0. The van der Waals surface area contributed by atoms with E-state index in [4.69, 9.17) is 28.4 Å². The third kappa shape index (κ3) is 4.21. The van der Waals surface area contributed by atoms with Gasteiger partial charge in [-0.05, 0) is 27.7 Å². The molecule has 3 heterocycles. The SMILES string of the molecule is COC(=O)/C=C/CO[C@@H]1[C@H]2OC(C)(C)O[C@H]2O[C@@H]1[C@H]1COC(C)(C)O1. The van der Waals surface area contributed by atoms with Crippen LogP contribution in [0, 0.1) is 0 Å². The van der Waals surface area contributed by atoms with Crippen molar-refractivity contribution in [2.45, 2.75) is 70.0 Å². The van der Waals surface area contributed by atoms with E-state index in [2.05, 4.69) is 4.74 Å².